The molecule has 0 aliphatic carbocycles. The maximum Gasteiger partial charge on any atom is 0.379 e. The topological polar surface area (TPSA) is 90.1 Å². The lowest BCUT2D eigenvalue weighted by Gasteiger charge is -2.06. The quantitative estimate of drug-likeness (QED) is 0.319. The Morgan fingerprint density at radius 2 is 1.89 bits per heavy atom. The van der Waals surface area contributed by atoms with Gasteiger partial charge in [0.15, 0.2) is 0 Å². The highest BCUT2D eigenvalue weighted by molar-refractivity contribution is 5.95. The molecule has 0 bridgehead atoms. The summed E-state index contributed by atoms with van der Waals surface area (Å²) in [5.41, 5.74) is 5.61. The van der Waals surface area contributed by atoms with E-state index in [2.05, 4.69) is 10.5 Å². The van der Waals surface area contributed by atoms with Gasteiger partial charge in [-0.05, 0) is 47.5 Å². The summed E-state index contributed by atoms with van der Waals surface area (Å²) in [4.78, 5) is 24.3. The number of rotatable bonds is 5. The summed E-state index contributed by atoms with van der Waals surface area (Å²) in [6, 6.07) is 15.4. The van der Waals surface area contributed by atoms with Crippen molar-refractivity contribution < 1.29 is 23.5 Å². The molecule has 7 heteroatoms. The molecular formula is C21H16N2O5. The first-order valence-corrected chi connectivity index (χ1v) is 8.58. The highest BCUT2D eigenvalue weighted by Gasteiger charge is 2.15. The van der Waals surface area contributed by atoms with Crippen molar-refractivity contribution in [3.8, 4) is 5.75 Å². The van der Waals surface area contributed by atoms with Gasteiger partial charge in [0.05, 0.1) is 25.7 Å². The fraction of sp³-hybridized carbons (Fsp3) is 0.0952. The van der Waals surface area contributed by atoms with Gasteiger partial charge in [0.25, 0.3) is 5.91 Å². The monoisotopic (exact) mass is 376 g/mol. The average Bonchev–Trinajstić information content (AvgIpc) is 3.40. The molecule has 1 aromatic heterocycles. The minimum Gasteiger partial charge on any atom is -0.457 e. The smallest absolute Gasteiger partial charge is 0.379 e. The van der Waals surface area contributed by atoms with E-state index >= 15 is 0 Å². The van der Waals surface area contributed by atoms with Crippen molar-refractivity contribution >= 4 is 18.1 Å². The molecule has 3 aromatic rings. The summed E-state index contributed by atoms with van der Waals surface area (Å²) >= 11 is 0. The fourth-order valence-electron chi connectivity index (χ4n) is 2.76. The van der Waals surface area contributed by atoms with Gasteiger partial charge in [0.2, 0.25) is 5.76 Å². The highest BCUT2D eigenvalue weighted by atomic mass is 16.5. The van der Waals surface area contributed by atoms with Crippen LogP contribution in [-0.2, 0) is 18.0 Å². The maximum atomic E-state index is 12.3. The van der Waals surface area contributed by atoms with Crippen LogP contribution in [0.3, 0.4) is 0 Å². The van der Waals surface area contributed by atoms with Crippen LogP contribution in [0.2, 0.25) is 0 Å². The number of carbonyl (C=O) groups is 2. The van der Waals surface area contributed by atoms with Crippen molar-refractivity contribution in [1.82, 2.24) is 5.43 Å². The molecule has 1 amide bonds. The zero-order chi connectivity index (χ0) is 19.3. The number of hydrogen-bond donors (Lipinski definition) is 1. The fourth-order valence-corrected chi connectivity index (χ4v) is 2.76. The third kappa shape index (κ3) is 3.84. The molecule has 2 aromatic carbocycles. The number of hydrazone groups is 1. The lowest BCUT2D eigenvalue weighted by atomic mass is 10.1. The van der Waals surface area contributed by atoms with Crippen molar-refractivity contribution in [2.24, 2.45) is 5.10 Å². The number of furan rings is 1. The summed E-state index contributed by atoms with van der Waals surface area (Å²) in [5, 5.41) is 3.97. The van der Waals surface area contributed by atoms with Gasteiger partial charge in [0.1, 0.15) is 5.75 Å². The van der Waals surface area contributed by atoms with E-state index in [-0.39, 0.29) is 11.7 Å². The van der Waals surface area contributed by atoms with Gasteiger partial charge in [-0.15, -0.1) is 0 Å². The Hall–Kier alpha value is -3.71. The number of ether oxygens (including phenoxy) is 2. The van der Waals surface area contributed by atoms with E-state index in [1.54, 1.807) is 42.5 Å². The number of para-hydroxylation sites is 1. The van der Waals surface area contributed by atoms with Crippen LogP contribution in [0.1, 0.15) is 37.6 Å². The molecule has 1 N–H and O–H groups in total. The molecule has 28 heavy (non-hydrogen) atoms. The predicted octanol–water partition coefficient (Wildman–Crippen LogP) is 3.29. The minimum absolute atomic E-state index is 0.0978. The third-order valence-corrected chi connectivity index (χ3v) is 4.20. The summed E-state index contributed by atoms with van der Waals surface area (Å²) in [5.74, 6) is -0.552. The molecule has 7 nitrogen and oxygen atoms in total. The Bertz CT molecular complexity index is 1040. The number of benzene rings is 2. The molecule has 0 spiro atoms. The van der Waals surface area contributed by atoms with E-state index in [9.17, 15) is 9.59 Å². The van der Waals surface area contributed by atoms with E-state index < -0.39 is 5.97 Å². The maximum absolute atomic E-state index is 12.3. The number of hydrogen-bond acceptors (Lipinski definition) is 6. The molecule has 2 heterocycles. The second-order valence-corrected chi connectivity index (χ2v) is 6.08. The molecule has 1 aliphatic heterocycles. The standard InChI is InChI=1S/C21H16N2O5/c24-20(14-7-8-16-12-26-13-17(16)10-14)23-22-11-15-4-1-2-5-18(15)28-21(25)19-6-3-9-27-19/h1-11H,12-13H2,(H,23,24). The minimum atomic E-state index is -0.616. The zero-order valence-electron chi connectivity index (χ0n) is 14.8. The van der Waals surface area contributed by atoms with E-state index in [1.165, 1.54) is 18.5 Å². The van der Waals surface area contributed by atoms with Crippen LogP contribution in [-0.4, -0.2) is 18.1 Å². The van der Waals surface area contributed by atoms with Crippen molar-refractivity contribution in [3.63, 3.8) is 0 Å². The van der Waals surface area contributed by atoms with Crippen LogP contribution in [0.25, 0.3) is 0 Å². The van der Waals surface area contributed by atoms with E-state index in [0.717, 1.165) is 11.1 Å². The molecular weight excluding hydrogens is 360 g/mol. The average molecular weight is 376 g/mol. The van der Waals surface area contributed by atoms with Gasteiger partial charge in [-0.1, -0.05) is 18.2 Å². The van der Waals surface area contributed by atoms with E-state index in [1.807, 2.05) is 6.07 Å². The highest BCUT2D eigenvalue weighted by Crippen LogP contribution is 2.21. The first kappa shape index (κ1) is 17.7. The molecule has 0 unspecified atom stereocenters. The number of fused-ring (bicyclic) bond motifs is 1. The van der Waals surface area contributed by atoms with Gasteiger partial charge in [-0.25, -0.2) is 10.2 Å². The van der Waals surface area contributed by atoms with Gasteiger partial charge < -0.3 is 13.9 Å². The molecule has 1 aliphatic rings. The Kier molecular flexibility index (Phi) is 4.99. The first-order chi connectivity index (χ1) is 13.7. The molecule has 4 rings (SSSR count). The third-order valence-electron chi connectivity index (χ3n) is 4.20. The Morgan fingerprint density at radius 3 is 2.75 bits per heavy atom. The van der Waals surface area contributed by atoms with Crippen LogP contribution in [0.5, 0.6) is 5.75 Å². The number of amides is 1. The molecule has 0 saturated heterocycles. The summed E-state index contributed by atoms with van der Waals surface area (Å²) in [7, 11) is 0. The van der Waals surface area contributed by atoms with Crippen molar-refractivity contribution in [2.75, 3.05) is 0 Å². The van der Waals surface area contributed by atoms with Crippen molar-refractivity contribution in [3.05, 3.63) is 88.9 Å². The molecule has 0 radical (unpaired) electrons. The van der Waals surface area contributed by atoms with Crippen LogP contribution in [0.15, 0.2) is 70.4 Å². The van der Waals surface area contributed by atoms with Crippen molar-refractivity contribution in [1.29, 1.82) is 0 Å². The van der Waals surface area contributed by atoms with Crippen LogP contribution < -0.4 is 10.2 Å². The Balaban J connectivity index is 1.43. The van der Waals surface area contributed by atoms with E-state index in [4.69, 9.17) is 13.9 Å². The second-order valence-electron chi connectivity index (χ2n) is 6.08. The molecule has 0 atom stereocenters. The predicted molar refractivity (Wildman–Crippen MR) is 100 cm³/mol. The summed E-state index contributed by atoms with van der Waals surface area (Å²) < 4.78 is 15.7. The van der Waals surface area contributed by atoms with Gasteiger partial charge in [0, 0.05) is 11.1 Å². The summed E-state index contributed by atoms with van der Waals surface area (Å²) in [6.07, 6.45) is 2.81. The lowest BCUT2D eigenvalue weighted by molar-refractivity contribution is 0.0701. The summed E-state index contributed by atoms with van der Waals surface area (Å²) in [6.45, 7) is 1.08. The number of carbonyl (C=O) groups excluding carboxylic acids is 2. The van der Waals surface area contributed by atoms with Crippen LogP contribution in [0, 0.1) is 0 Å². The first-order valence-electron chi connectivity index (χ1n) is 8.58. The van der Waals surface area contributed by atoms with Gasteiger partial charge >= 0.3 is 5.97 Å². The molecule has 0 saturated carbocycles. The van der Waals surface area contributed by atoms with Crippen molar-refractivity contribution in [2.45, 2.75) is 13.2 Å². The number of esters is 1. The molecule has 0 fully saturated rings. The number of nitrogens with one attached hydrogen (secondary N) is 1. The second kappa shape index (κ2) is 7.89. The zero-order valence-corrected chi connectivity index (χ0v) is 14.8. The van der Waals surface area contributed by atoms with Gasteiger partial charge in [-0.2, -0.15) is 5.10 Å². The SMILES string of the molecule is O=C(NN=Cc1ccccc1OC(=O)c1ccco1)c1ccc2c(c1)COC2. The molecule has 140 valence electrons. The number of nitrogens with zero attached hydrogens (tertiary/aromatic N) is 1. The largest absolute Gasteiger partial charge is 0.457 e. The van der Waals surface area contributed by atoms with E-state index in [0.29, 0.717) is 30.1 Å². The van der Waals surface area contributed by atoms with Crippen LogP contribution in [0.4, 0.5) is 0 Å². The van der Waals surface area contributed by atoms with Crippen LogP contribution >= 0.6 is 0 Å². The Morgan fingerprint density at radius 1 is 1.04 bits per heavy atom. The lowest BCUT2D eigenvalue weighted by Crippen LogP contribution is -2.18. The van der Waals surface area contributed by atoms with Gasteiger partial charge in [-0.3, -0.25) is 4.79 Å². The normalized spacial score (nSPS) is 12.7. The Labute approximate surface area is 160 Å².